The molecule has 1 rings (SSSR count). The fraction of sp³-hybridized carbons (Fsp3) is 1.00. The fourth-order valence-corrected chi connectivity index (χ4v) is 2.59. The summed E-state index contributed by atoms with van der Waals surface area (Å²) in [6, 6.07) is 0.555. The molecular formula is C13H27NO. The average molecular weight is 213 g/mol. The minimum Gasteiger partial charge on any atom is -0.380 e. The molecule has 0 aliphatic heterocycles. The quantitative estimate of drug-likeness (QED) is 0.702. The van der Waals surface area contributed by atoms with Gasteiger partial charge in [0, 0.05) is 12.6 Å². The maximum absolute atomic E-state index is 5.61. The lowest BCUT2D eigenvalue weighted by Crippen LogP contribution is -2.45. The third-order valence-electron chi connectivity index (χ3n) is 3.72. The maximum atomic E-state index is 5.61. The minimum absolute atomic E-state index is 0.477. The topological polar surface area (TPSA) is 21.3 Å². The van der Waals surface area contributed by atoms with Crippen LogP contribution in [0.5, 0.6) is 0 Å². The van der Waals surface area contributed by atoms with E-state index in [-0.39, 0.29) is 0 Å². The lowest BCUT2D eigenvalue weighted by Gasteiger charge is -2.34. The zero-order chi connectivity index (χ0) is 11.1. The Kier molecular flexibility index (Phi) is 5.62. The second-order valence-corrected chi connectivity index (χ2v) is 5.03. The first-order valence-corrected chi connectivity index (χ1v) is 6.54. The van der Waals surface area contributed by atoms with Gasteiger partial charge in [-0.1, -0.05) is 26.7 Å². The highest BCUT2D eigenvalue weighted by atomic mass is 16.5. The van der Waals surface area contributed by atoms with E-state index in [1.54, 1.807) is 0 Å². The summed E-state index contributed by atoms with van der Waals surface area (Å²) < 4.78 is 5.61. The van der Waals surface area contributed by atoms with Crippen LogP contribution >= 0.6 is 0 Å². The van der Waals surface area contributed by atoms with Gasteiger partial charge in [-0.25, -0.2) is 0 Å². The summed E-state index contributed by atoms with van der Waals surface area (Å²) >= 11 is 0. The van der Waals surface area contributed by atoms with Crippen molar-refractivity contribution in [3.05, 3.63) is 0 Å². The summed E-state index contributed by atoms with van der Waals surface area (Å²) in [6.07, 6.45) is 6.72. The van der Waals surface area contributed by atoms with Crippen LogP contribution in [0.4, 0.5) is 0 Å². The van der Waals surface area contributed by atoms with E-state index in [0.717, 1.165) is 19.8 Å². The van der Waals surface area contributed by atoms with E-state index in [4.69, 9.17) is 4.74 Å². The van der Waals surface area contributed by atoms with Crippen LogP contribution in [0.15, 0.2) is 0 Å². The summed E-state index contributed by atoms with van der Waals surface area (Å²) in [6.45, 7) is 9.56. The molecule has 0 saturated heterocycles. The van der Waals surface area contributed by atoms with Crippen LogP contribution in [-0.4, -0.2) is 25.8 Å². The van der Waals surface area contributed by atoms with Crippen molar-refractivity contribution in [2.75, 3.05) is 19.8 Å². The molecule has 1 aliphatic rings. The molecule has 0 aromatic rings. The molecular weight excluding hydrogens is 186 g/mol. The highest BCUT2D eigenvalue weighted by molar-refractivity contribution is 4.91. The Morgan fingerprint density at radius 3 is 2.47 bits per heavy atom. The summed E-state index contributed by atoms with van der Waals surface area (Å²) in [5.74, 6) is 0. The lowest BCUT2D eigenvalue weighted by molar-refractivity contribution is 0.0724. The van der Waals surface area contributed by atoms with Gasteiger partial charge in [0.1, 0.15) is 0 Å². The van der Waals surface area contributed by atoms with Crippen molar-refractivity contribution in [2.24, 2.45) is 5.41 Å². The monoisotopic (exact) mass is 213 g/mol. The average Bonchev–Trinajstić information content (AvgIpc) is 2.66. The van der Waals surface area contributed by atoms with Gasteiger partial charge >= 0.3 is 0 Å². The normalized spacial score (nSPS) is 21.8. The summed E-state index contributed by atoms with van der Waals surface area (Å²) in [5.41, 5.74) is 0.477. The summed E-state index contributed by atoms with van der Waals surface area (Å²) in [4.78, 5) is 0. The van der Waals surface area contributed by atoms with E-state index in [2.05, 4.69) is 26.1 Å². The lowest BCUT2D eigenvalue weighted by atomic mass is 9.81. The molecule has 1 unspecified atom stereocenters. The first-order valence-electron chi connectivity index (χ1n) is 6.54. The van der Waals surface area contributed by atoms with Crippen LogP contribution in [0.1, 0.15) is 52.9 Å². The van der Waals surface area contributed by atoms with E-state index in [1.165, 1.54) is 32.1 Å². The van der Waals surface area contributed by atoms with Crippen molar-refractivity contribution in [2.45, 2.75) is 58.9 Å². The summed E-state index contributed by atoms with van der Waals surface area (Å²) in [7, 11) is 0. The number of hydrogen-bond donors (Lipinski definition) is 1. The van der Waals surface area contributed by atoms with E-state index in [1.807, 2.05) is 0 Å². The molecule has 1 N–H and O–H groups in total. The van der Waals surface area contributed by atoms with Gasteiger partial charge in [-0.05, 0) is 38.1 Å². The molecule has 1 atom stereocenters. The zero-order valence-corrected chi connectivity index (χ0v) is 10.6. The second-order valence-electron chi connectivity index (χ2n) is 5.03. The van der Waals surface area contributed by atoms with Crippen molar-refractivity contribution in [3.63, 3.8) is 0 Å². The van der Waals surface area contributed by atoms with Crippen molar-refractivity contribution in [1.29, 1.82) is 0 Å². The highest BCUT2D eigenvalue weighted by Crippen LogP contribution is 2.40. The molecule has 0 bridgehead atoms. The second kappa shape index (κ2) is 6.49. The van der Waals surface area contributed by atoms with E-state index < -0.39 is 0 Å². The Morgan fingerprint density at radius 2 is 1.93 bits per heavy atom. The van der Waals surface area contributed by atoms with Gasteiger partial charge in [0.25, 0.3) is 0 Å². The van der Waals surface area contributed by atoms with Crippen LogP contribution < -0.4 is 5.32 Å². The van der Waals surface area contributed by atoms with Gasteiger partial charge in [0.15, 0.2) is 0 Å². The third-order valence-corrected chi connectivity index (χ3v) is 3.72. The summed E-state index contributed by atoms with van der Waals surface area (Å²) in [5, 5.41) is 3.66. The smallest absolute Gasteiger partial charge is 0.0624 e. The van der Waals surface area contributed by atoms with Crippen LogP contribution in [0.2, 0.25) is 0 Å². The molecule has 15 heavy (non-hydrogen) atoms. The molecule has 90 valence electrons. The van der Waals surface area contributed by atoms with Gasteiger partial charge < -0.3 is 10.1 Å². The Hall–Kier alpha value is -0.0800. The SMILES string of the molecule is CCCNC(COCC)C1(C)CCCC1. The molecule has 1 aliphatic carbocycles. The van der Waals surface area contributed by atoms with Gasteiger partial charge in [0.2, 0.25) is 0 Å². The number of ether oxygens (including phenoxy) is 1. The van der Waals surface area contributed by atoms with Gasteiger partial charge in [-0.2, -0.15) is 0 Å². The molecule has 0 spiro atoms. The Bertz CT molecular complexity index is 156. The van der Waals surface area contributed by atoms with Crippen LogP contribution in [0.3, 0.4) is 0 Å². The van der Waals surface area contributed by atoms with Crippen LogP contribution in [-0.2, 0) is 4.74 Å². The number of nitrogens with one attached hydrogen (secondary N) is 1. The molecule has 0 radical (unpaired) electrons. The predicted octanol–water partition coefficient (Wildman–Crippen LogP) is 2.97. The molecule has 0 aromatic heterocycles. The Morgan fingerprint density at radius 1 is 1.27 bits per heavy atom. The first kappa shape index (κ1) is 13.0. The van der Waals surface area contributed by atoms with Crippen molar-refractivity contribution < 1.29 is 4.74 Å². The standard InChI is InChI=1S/C13H27NO/c1-4-10-14-12(11-15-5-2)13(3)8-6-7-9-13/h12,14H,4-11H2,1-3H3. The van der Waals surface area contributed by atoms with Gasteiger partial charge in [-0.3, -0.25) is 0 Å². The van der Waals surface area contributed by atoms with Crippen molar-refractivity contribution in [1.82, 2.24) is 5.32 Å². The minimum atomic E-state index is 0.477. The fourth-order valence-electron chi connectivity index (χ4n) is 2.59. The number of hydrogen-bond acceptors (Lipinski definition) is 2. The van der Waals surface area contributed by atoms with E-state index >= 15 is 0 Å². The molecule has 1 fully saturated rings. The maximum Gasteiger partial charge on any atom is 0.0624 e. The number of rotatable bonds is 7. The van der Waals surface area contributed by atoms with Crippen LogP contribution in [0.25, 0.3) is 0 Å². The first-order chi connectivity index (χ1) is 7.23. The largest absolute Gasteiger partial charge is 0.380 e. The molecule has 2 nitrogen and oxygen atoms in total. The molecule has 0 amide bonds. The van der Waals surface area contributed by atoms with E-state index in [9.17, 15) is 0 Å². The van der Waals surface area contributed by atoms with Gasteiger partial charge in [0.05, 0.1) is 6.61 Å². The van der Waals surface area contributed by atoms with Crippen molar-refractivity contribution in [3.8, 4) is 0 Å². The van der Waals surface area contributed by atoms with Crippen molar-refractivity contribution >= 4 is 0 Å². The molecule has 0 aromatic carbocycles. The highest BCUT2D eigenvalue weighted by Gasteiger charge is 2.36. The Balaban J connectivity index is 2.45. The Labute approximate surface area is 94.8 Å². The molecule has 2 heteroatoms. The molecule has 1 saturated carbocycles. The van der Waals surface area contributed by atoms with E-state index in [0.29, 0.717) is 11.5 Å². The zero-order valence-electron chi connectivity index (χ0n) is 10.6. The third kappa shape index (κ3) is 3.76. The van der Waals surface area contributed by atoms with Gasteiger partial charge in [-0.15, -0.1) is 0 Å². The predicted molar refractivity (Wildman–Crippen MR) is 65.1 cm³/mol. The molecule has 0 heterocycles. The van der Waals surface area contributed by atoms with Crippen LogP contribution in [0, 0.1) is 5.41 Å².